The third-order valence-electron chi connectivity index (χ3n) is 2.82. The van der Waals surface area contributed by atoms with Crippen LogP contribution in [0.3, 0.4) is 0 Å². The number of benzene rings is 1. The predicted molar refractivity (Wildman–Crippen MR) is 65.9 cm³/mol. The summed E-state index contributed by atoms with van der Waals surface area (Å²) in [6.45, 7) is 2.26. The lowest BCUT2D eigenvalue weighted by atomic mass is 10.0. The van der Waals surface area contributed by atoms with Crippen molar-refractivity contribution < 1.29 is 4.39 Å². The van der Waals surface area contributed by atoms with Gasteiger partial charge in [-0.1, -0.05) is 13.0 Å². The normalized spacial score (nSPS) is 10.8. The molecule has 0 unspecified atom stereocenters. The maximum Gasteiger partial charge on any atom is 0.127 e. The third-order valence-corrected chi connectivity index (χ3v) is 2.82. The average Bonchev–Trinajstić information content (AvgIpc) is 2.71. The van der Waals surface area contributed by atoms with E-state index in [2.05, 4.69) is 12.0 Å². The molecule has 0 aliphatic carbocycles. The van der Waals surface area contributed by atoms with Crippen LogP contribution in [0.1, 0.15) is 18.2 Å². The lowest BCUT2D eigenvalue weighted by Gasteiger charge is -2.04. The Morgan fingerprint density at radius 2 is 2.18 bits per heavy atom. The van der Waals surface area contributed by atoms with E-state index in [1.165, 1.54) is 6.07 Å². The highest BCUT2D eigenvalue weighted by molar-refractivity contribution is 5.66. The largest absolute Gasteiger partial charge is 0.326 e. The first-order chi connectivity index (χ1) is 8.15. The molecular weight excluding hydrogens is 217 g/mol. The third kappa shape index (κ3) is 2.22. The van der Waals surface area contributed by atoms with E-state index in [4.69, 9.17) is 5.73 Å². The van der Waals surface area contributed by atoms with Crippen LogP contribution in [0, 0.1) is 5.82 Å². The van der Waals surface area contributed by atoms with Gasteiger partial charge in [0.25, 0.3) is 0 Å². The molecule has 0 aliphatic rings. The number of hydrogen-bond donors (Lipinski definition) is 1. The van der Waals surface area contributed by atoms with Crippen LogP contribution in [-0.2, 0) is 20.0 Å². The molecule has 2 rings (SSSR count). The van der Waals surface area contributed by atoms with Gasteiger partial charge in [-0.3, -0.25) is 4.68 Å². The first-order valence-electron chi connectivity index (χ1n) is 5.67. The fraction of sp³-hybridized carbons (Fsp3) is 0.308. The van der Waals surface area contributed by atoms with Crippen molar-refractivity contribution in [2.45, 2.75) is 19.9 Å². The maximum atomic E-state index is 13.4. The van der Waals surface area contributed by atoms with Gasteiger partial charge >= 0.3 is 0 Å². The standard InChI is InChI=1S/C13H16FN3/c1-3-13-11(8-17(2)16-13)9-4-5-12(14)10(6-9)7-15/h4-6,8H,3,7,15H2,1-2H3. The van der Waals surface area contributed by atoms with Crippen molar-refractivity contribution in [3.63, 3.8) is 0 Å². The van der Waals surface area contributed by atoms with Gasteiger partial charge in [-0.25, -0.2) is 4.39 Å². The minimum Gasteiger partial charge on any atom is -0.326 e. The van der Waals surface area contributed by atoms with E-state index in [9.17, 15) is 4.39 Å². The number of aromatic nitrogens is 2. The van der Waals surface area contributed by atoms with E-state index in [-0.39, 0.29) is 12.4 Å². The topological polar surface area (TPSA) is 43.8 Å². The number of nitrogens with zero attached hydrogens (tertiary/aromatic N) is 2. The van der Waals surface area contributed by atoms with Crippen molar-refractivity contribution in [2.24, 2.45) is 12.8 Å². The first kappa shape index (κ1) is 11.8. The van der Waals surface area contributed by atoms with Crippen LogP contribution in [0.2, 0.25) is 0 Å². The molecule has 2 aromatic rings. The highest BCUT2D eigenvalue weighted by atomic mass is 19.1. The van der Waals surface area contributed by atoms with Crippen LogP contribution in [0.5, 0.6) is 0 Å². The summed E-state index contributed by atoms with van der Waals surface area (Å²) in [6.07, 6.45) is 2.80. The van der Waals surface area contributed by atoms with Gasteiger partial charge in [0.15, 0.2) is 0 Å². The van der Waals surface area contributed by atoms with Gasteiger partial charge in [-0.2, -0.15) is 5.10 Å². The minimum atomic E-state index is -0.252. The molecule has 1 aromatic carbocycles. The fourth-order valence-electron chi connectivity index (χ4n) is 1.94. The highest BCUT2D eigenvalue weighted by Gasteiger charge is 2.10. The summed E-state index contributed by atoms with van der Waals surface area (Å²) in [7, 11) is 1.88. The Bertz CT molecular complexity index is 531. The fourth-order valence-corrected chi connectivity index (χ4v) is 1.94. The van der Waals surface area contributed by atoms with E-state index < -0.39 is 0 Å². The molecule has 0 radical (unpaired) electrons. The summed E-state index contributed by atoms with van der Waals surface area (Å²) >= 11 is 0. The predicted octanol–water partition coefficient (Wildman–Crippen LogP) is 2.25. The first-order valence-corrected chi connectivity index (χ1v) is 5.67. The Morgan fingerprint density at radius 3 is 2.82 bits per heavy atom. The van der Waals surface area contributed by atoms with Gasteiger partial charge < -0.3 is 5.73 Å². The quantitative estimate of drug-likeness (QED) is 0.883. The number of aryl methyl sites for hydroxylation is 2. The molecule has 0 atom stereocenters. The van der Waals surface area contributed by atoms with Crippen molar-refractivity contribution in [3.8, 4) is 11.1 Å². The molecule has 0 saturated heterocycles. The summed E-state index contributed by atoms with van der Waals surface area (Å²) in [5, 5.41) is 4.38. The van der Waals surface area contributed by atoms with Gasteiger partial charge in [0.05, 0.1) is 5.69 Å². The van der Waals surface area contributed by atoms with Gasteiger partial charge in [0.2, 0.25) is 0 Å². The molecule has 90 valence electrons. The minimum absolute atomic E-state index is 0.210. The second kappa shape index (κ2) is 4.67. The number of nitrogens with two attached hydrogens (primary N) is 1. The lowest BCUT2D eigenvalue weighted by Crippen LogP contribution is -2.00. The van der Waals surface area contributed by atoms with Crippen molar-refractivity contribution in [2.75, 3.05) is 0 Å². The molecule has 0 aliphatic heterocycles. The highest BCUT2D eigenvalue weighted by Crippen LogP contribution is 2.25. The number of rotatable bonds is 3. The molecule has 0 bridgehead atoms. The van der Waals surface area contributed by atoms with Crippen molar-refractivity contribution in [1.29, 1.82) is 0 Å². The van der Waals surface area contributed by atoms with Crippen LogP contribution in [0.4, 0.5) is 4.39 Å². The van der Waals surface area contributed by atoms with Crippen molar-refractivity contribution in [3.05, 3.63) is 41.5 Å². The van der Waals surface area contributed by atoms with E-state index in [1.807, 2.05) is 13.2 Å². The zero-order valence-corrected chi connectivity index (χ0v) is 10.1. The molecule has 1 aromatic heterocycles. The van der Waals surface area contributed by atoms with E-state index in [0.717, 1.165) is 23.2 Å². The molecule has 0 spiro atoms. The van der Waals surface area contributed by atoms with Gasteiger partial charge in [-0.05, 0) is 24.1 Å². The van der Waals surface area contributed by atoms with Crippen LogP contribution in [0.15, 0.2) is 24.4 Å². The van der Waals surface area contributed by atoms with Crippen LogP contribution >= 0.6 is 0 Å². The van der Waals surface area contributed by atoms with E-state index in [0.29, 0.717) is 5.56 Å². The number of halogens is 1. The lowest BCUT2D eigenvalue weighted by molar-refractivity contribution is 0.611. The smallest absolute Gasteiger partial charge is 0.127 e. The maximum absolute atomic E-state index is 13.4. The Hall–Kier alpha value is -1.68. The molecule has 1 heterocycles. The van der Waals surface area contributed by atoms with Crippen molar-refractivity contribution >= 4 is 0 Å². The van der Waals surface area contributed by atoms with Crippen LogP contribution in [-0.4, -0.2) is 9.78 Å². The summed E-state index contributed by atoms with van der Waals surface area (Å²) in [5.41, 5.74) is 9.08. The molecular formula is C13H16FN3. The molecule has 0 saturated carbocycles. The Morgan fingerprint density at radius 1 is 1.41 bits per heavy atom. The average molecular weight is 233 g/mol. The molecule has 0 amide bonds. The van der Waals surface area contributed by atoms with Crippen LogP contribution < -0.4 is 5.73 Å². The zero-order chi connectivity index (χ0) is 12.4. The summed E-state index contributed by atoms with van der Waals surface area (Å²) in [4.78, 5) is 0. The van der Waals surface area contributed by atoms with Gasteiger partial charge in [0.1, 0.15) is 5.82 Å². The molecule has 2 N–H and O–H groups in total. The summed E-state index contributed by atoms with van der Waals surface area (Å²) in [5.74, 6) is -0.252. The molecule has 0 fully saturated rings. The van der Waals surface area contributed by atoms with E-state index in [1.54, 1.807) is 16.8 Å². The Balaban J connectivity index is 2.52. The molecule has 4 heteroatoms. The Labute approximate surface area is 100 Å². The van der Waals surface area contributed by atoms with E-state index >= 15 is 0 Å². The second-order valence-electron chi connectivity index (χ2n) is 4.03. The van der Waals surface area contributed by atoms with Crippen molar-refractivity contribution in [1.82, 2.24) is 9.78 Å². The van der Waals surface area contributed by atoms with Crippen LogP contribution in [0.25, 0.3) is 11.1 Å². The summed E-state index contributed by atoms with van der Waals surface area (Å²) in [6, 6.07) is 5.03. The Kier molecular flexibility index (Phi) is 3.24. The monoisotopic (exact) mass is 233 g/mol. The number of hydrogen-bond acceptors (Lipinski definition) is 2. The SMILES string of the molecule is CCc1nn(C)cc1-c1ccc(F)c(CN)c1. The van der Waals surface area contributed by atoms with Gasteiger partial charge in [0, 0.05) is 30.9 Å². The zero-order valence-electron chi connectivity index (χ0n) is 10.1. The summed E-state index contributed by atoms with van der Waals surface area (Å²) < 4.78 is 15.1. The molecule has 17 heavy (non-hydrogen) atoms. The van der Waals surface area contributed by atoms with Gasteiger partial charge in [-0.15, -0.1) is 0 Å². The second-order valence-corrected chi connectivity index (χ2v) is 4.03. The molecule has 3 nitrogen and oxygen atoms in total.